The predicted octanol–water partition coefficient (Wildman–Crippen LogP) is 4.41. The van der Waals surface area contributed by atoms with Gasteiger partial charge in [-0.1, -0.05) is 12.1 Å². The number of nitrogens with one attached hydrogen (secondary N) is 2. The van der Waals surface area contributed by atoms with E-state index in [0.717, 1.165) is 32.6 Å². The molecule has 1 aliphatic rings. The normalized spacial score (nSPS) is 14.8. The van der Waals surface area contributed by atoms with Gasteiger partial charge in [0.25, 0.3) is 0 Å². The van der Waals surface area contributed by atoms with Gasteiger partial charge in [-0.15, -0.1) is 0 Å². The first-order valence-corrected chi connectivity index (χ1v) is 10.9. The molecule has 1 unspecified atom stereocenters. The molecule has 2 N–H and O–H groups in total. The van der Waals surface area contributed by atoms with Crippen LogP contribution < -0.4 is 10.6 Å². The Bertz CT molecular complexity index is 1140. The summed E-state index contributed by atoms with van der Waals surface area (Å²) in [5.74, 6) is -0.308. The van der Waals surface area contributed by atoms with E-state index < -0.39 is 11.4 Å². The van der Waals surface area contributed by atoms with E-state index >= 15 is 0 Å². The maximum atomic E-state index is 14.2. The molecule has 7 heteroatoms. The number of allylic oxidation sites excluding steroid dienone is 2. The average molecular weight is 425 g/mol. The Labute approximate surface area is 179 Å². The predicted molar refractivity (Wildman–Crippen MR) is 123 cm³/mol. The largest absolute Gasteiger partial charge is 0.588 e. The van der Waals surface area contributed by atoms with Crippen molar-refractivity contribution in [2.45, 2.75) is 13.5 Å². The third-order valence-corrected chi connectivity index (χ3v) is 6.43. The van der Waals surface area contributed by atoms with Crippen LogP contribution >= 0.6 is 0 Å². The van der Waals surface area contributed by atoms with Crippen LogP contribution in [0.15, 0.2) is 65.9 Å². The van der Waals surface area contributed by atoms with Crippen molar-refractivity contribution < 1.29 is 8.94 Å². The molecule has 2 heterocycles. The maximum Gasteiger partial charge on any atom is 0.176 e. The van der Waals surface area contributed by atoms with E-state index in [1.165, 1.54) is 6.07 Å². The lowest BCUT2D eigenvalue weighted by atomic mass is 10.1. The highest BCUT2D eigenvalue weighted by atomic mass is 32.2. The van der Waals surface area contributed by atoms with Crippen molar-refractivity contribution in [3.05, 3.63) is 82.8 Å². The second kappa shape index (κ2) is 8.55. The smallest absolute Gasteiger partial charge is 0.176 e. The summed E-state index contributed by atoms with van der Waals surface area (Å²) in [4.78, 5) is 2.83. The van der Waals surface area contributed by atoms with Crippen LogP contribution in [0.1, 0.15) is 11.1 Å². The van der Waals surface area contributed by atoms with Gasteiger partial charge in [0.1, 0.15) is 22.7 Å². The third kappa shape index (κ3) is 4.09. The van der Waals surface area contributed by atoms with Gasteiger partial charge in [-0.3, -0.25) is 0 Å². The zero-order valence-corrected chi connectivity index (χ0v) is 18.1. The molecule has 4 rings (SSSR count). The number of halogens is 1. The van der Waals surface area contributed by atoms with E-state index in [-0.39, 0.29) is 5.82 Å². The zero-order chi connectivity index (χ0) is 21.3. The Hall–Kier alpha value is -2.74. The van der Waals surface area contributed by atoms with Gasteiger partial charge in [0, 0.05) is 24.7 Å². The molecule has 0 saturated carbocycles. The second-order valence-electron chi connectivity index (χ2n) is 7.49. The van der Waals surface area contributed by atoms with Crippen molar-refractivity contribution in [3.8, 4) is 0 Å². The molecule has 2 aromatic carbocycles. The number of aryl methyl sites for hydroxylation is 1. The number of hydrogen-bond acceptors (Lipinski definition) is 4. The van der Waals surface area contributed by atoms with E-state index in [4.69, 9.17) is 0 Å². The lowest BCUT2D eigenvalue weighted by molar-refractivity contribution is 0.494. The van der Waals surface area contributed by atoms with Crippen LogP contribution in [0, 0.1) is 12.7 Å². The first-order valence-electron chi connectivity index (χ1n) is 9.78. The summed E-state index contributed by atoms with van der Waals surface area (Å²) in [5.41, 5.74) is 4.05. The second-order valence-corrected chi connectivity index (χ2v) is 8.91. The molecule has 0 spiro atoms. The van der Waals surface area contributed by atoms with Crippen molar-refractivity contribution in [1.29, 1.82) is 0 Å². The van der Waals surface area contributed by atoms with Gasteiger partial charge in [0.05, 0.1) is 18.4 Å². The van der Waals surface area contributed by atoms with Gasteiger partial charge in [0.15, 0.2) is 4.91 Å². The molecule has 5 nitrogen and oxygen atoms in total. The summed E-state index contributed by atoms with van der Waals surface area (Å²) in [6.07, 6.45) is 7.71. The Morgan fingerprint density at radius 3 is 2.80 bits per heavy atom. The lowest BCUT2D eigenvalue weighted by Gasteiger charge is -2.21. The fourth-order valence-corrected chi connectivity index (χ4v) is 4.91. The van der Waals surface area contributed by atoms with Crippen LogP contribution in [-0.2, 0) is 17.9 Å². The van der Waals surface area contributed by atoms with Crippen molar-refractivity contribution in [2.24, 2.45) is 0 Å². The van der Waals surface area contributed by atoms with Crippen LogP contribution in [0.3, 0.4) is 0 Å². The summed E-state index contributed by atoms with van der Waals surface area (Å²) in [6, 6.07) is 10.8. The zero-order valence-electron chi connectivity index (χ0n) is 17.3. The van der Waals surface area contributed by atoms with Crippen LogP contribution in [0.25, 0.3) is 10.9 Å². The average Bonchev–Trinajstić information content (AvgIpc) is 3.08. The van der Waals surface area contributed by atoms with Crippen molar-refractivity contribution in [2.75, 3.05) is 26.0 Å². The molecule has 0 radical (unpaired) electrons. The molecular formula is C23H25FN4OS. The number of fused-ring (bicyclic) bond motifs is 1. The number of hydrogen-bond donors (Lipinski definition) is 2. The Kier molecular flexibility index (Phi) is 5.85. The summed E-state index contributed by atoms with van der Waals surface area (Å²) in [5, 5.41) is 7.36. The number of anilines is 2. The van der Waals surface area contributed by atoms with Crippen molar-refractivity contribution in [3.63, 3.8) is 0 Å². The van der Waals surface area contributed by atoms with Gasteiger partial charge >= 0.3 is 0 Å². The minimum absolute atomic E-state index is 0.308. The highest BCUT2D eigenvalue weighted by molar-refractivity contribution is 7.94. The minimum atomic E-state index is -1.36. The fraction of sp³-hybridized carbons (Fsp3) is 0.217. The molecule has 1 atom stereocenters. The van der Waals surface area contributed by atoms with E-state index in [1.807, 2.05) is 68.7 Å². The standard InChI is InChI=1S/C23H25FN4OS/c1-16-6-9-21(24)22(11-16)26-18-7-8-20-17(13-25-2)14-28(23(20)12-18)30(29)19-5-4-10-27(3)15-19/h4-12,14,25-26H,13,15H2,1-3H3. The van der Waals surface area contributed by atoms with E-state index in [2.05, 4.69) is 10.6 Å². The molecule has 1 aromatic heterocycles. The lowest BCUT2D eigenvalue weighted by Crippen LogP contribution is -2.25. The van der Waals surface area contributed by atoms with Gasteiger partial charge in [-0.05, 0) is 67.7 Å². The first kappa shape index (κ1) is 20.5. The highest BCUT2D eigenvalue weighted by Gasteiger charge is 2.24. The van der Waals surface area contributed by atoms with Gasteiger partial charge in [-0.2, -0.15) is 3.97 Å². The van der Waals surface area contributed by atoms with E-state index in [9.17, 15) is 8.94 Å². The molecule has 30 heavy (non-hydrogen) atoms. The Morgan fingerprint density at radius 1 is 1.20 bits per heavy atom. The van der Waals surface area contributed by atoms with Crippen LogP contribution in [-0.4, -0.2) is 34.1 Å². The number of rotatable bonds is 6. The van der Waals surface area contributed by atoms with E-state index in [1.54, 1.807) is 16.1 Å². The summed E-state index contributed by atoms with van der Waals surface area (Å²) < 4.78 is 29.4. The molecule has 0 fully saturated rings. The minimum Gasteiger partial charge on any atom is -0.588 e. The molecule has 0 amide bonds. The van der Waals surface area contributed by atoms with Crippen molar-refractivity contribution in [1.82, 2.24) is 14.2 Å². The number of likely N-dealkylation sites (N-methyl/N-ethyl adjacent to an activating group) is 1. The summed E-state index contributed by atoms with van der Waals surface area (Å²) >= 11 is -1.36. The fourth-order valence-electron chi connectivity index (χ4n) is 3.59. The molecule has 0 saturated heterocycles. The van der Waals surface area contributed by atoms with Gasteiger partial charge in [0.2, 0.25) is 0 Å². The summed E-state index contributed by atoms with van der Waals surface area (Å²) in [6.45, 7) is 3.20. The first-order chi connectivity index (χ1) is 14.5. The summed E-state index contributed by atoms with van der Waals surface area (Å²) in [7, 11) is 3.85. The number of aromatic nitrogens is 1. The quantitative estimate of drug-likeness (QED) is 0.576. The van der Waals surface area contributed by atoms with Crippen LogP contribution in [0.4, 0.5) is 15.8 Å². The SMILES string of the molecule is CNCc1cn([S+]([O-])C2=CC=CN(C)C2)c2cc(Nc3cc(C)ccc3F)ccc12. The monoisotopic (exact) mass is 424 g/mol. The Morgan fingerprint density at radius 2 is 2.03 bits per heavy atom. The highest BCUT2D eigenvalue weighted by Crippen LogP contribution is 2.30. The van der Waals surface area contributed by atoms with Gasteiger partial charge in [-0.25, -0.2) is 4.39 Å². The molecule has 156 valence electrons. The van der Waals surface area contributed by atoms with Gasteiger partial charge < -0.3 is 20.1 Å². The molecule has 0 aliphatic carbocycles. The Balaban J connectivity index is 1.76. The van der Waals surface area contributed by atoms with Crippen LogP contribution in [0.2, 0.25) is 0 Å². The molecular weight excluding hydrogens is 399 g/mol. The molecule has 0 bridgehead atoms. The topological polar surface area (TPSA) is 55.3 Å². The van der Waals surface area contributed by atoms with Crippen LogP contribution in [0.5, 0.6) is 0 Å². The molecule has 1 aliphatic heterocycles. The molecule has 3 aromatic rings. The van der Waals surface area contributed by atoms with Crippen molar-refractivity contribution >= 4 is 33.6 Å². The number of nitrogens with zero attached hydrogens (tertiary/aromatic N) is 2. The number of benzene rings is 2. The van der Waals surface area contributed by atoms with E-state index in [0.29, 0.717) is 18.8 Å². The third-order valence-electron chi connectivity index (χ3n) is 5.05. The maximum absolute atomic E-state index is 14.2.